The Morgan fingerprint density at radius 1 is 1.10 bits per heavy atom. The van der Waals surface area contributed by atoms with E-state index in [-0.39, 0.29) is 5.91 Å². The Balaban J connectivity index is 1.82. The number of furan rings is 1. The number of pyridine rings is 1. The standard InChI is InChI=1S/C22H19N3O3S/c1-11-8-9-18(28-11)17-10-15(14-6-4-5-7-16(14)24-17)21(27)25-22-19(20(23)26)12(2)13(3)29-22/h4-10H,1-3H3,(H2,23,26)(H,25,27). The Kier molecular flexibility index (Phi) is 4.68. The maximum Gasteiger partial charge on any atom is 0.257 e. The van der Waals surface area contributed by atoms with Crippen molar-refractivity contribution in [1.29, 1.82) is 0 Å². The first-order chi connectivity index (χ1) is 13.8. The number of hydrogen-bond acceptors (Lipinski definition) is 5. The highest BCUT2D eigenvalue weighted by molar-refractivity contribution is 7.16. The molecule has 3 aromatic heterocycles. The summed E-state index contributed by atoms with van der Waals surface area (Å²) in [6, 6.07) is 12.8. The summed E-state index contributed by atoms with van der Waals surface area (Å²) in [5.41, 5.74) is 8.35. The molecule has 146 valence electrons. The second kappa shape index (κ2) is 7.18. The lowest BCUT2D eigenvalue weighted by Crippen LogP contribution is -2.18. The van der Waals surface area contributed by atoms with Gasteiger partial charge >= 0.3 is 0 Å². The van der Waals surface area contributed by atoms with Crippen LogP contribution in [0, 0.1) is 20.8 Å². The molecule has 1 aromatic carbocycles. The van der Waals surface area contributed by atoms with E-state index in [0.717, 1.165) is 16.2 Å². The van der Waals surface area contributed by atoms with Crippen LogP contribution in [0.4, 0.5) is 5.00 Å². The summed E-state index contributed by atoms with van der Waals surface area (Å²) in [5, 5.41) is 4.03. The molecule has 6 nitrogen and oxygen atoms in total. The molecule has 4 aromatic rings. The van der Waals surface area contributed by atoms with Crippen LogP contribution < -0.4 is 11.1 Å². The molecule has 3 heterocycles. The molecule has 3 N–H and O–H groups in total. The van der Waals surface area contributed by atoms with Crippen molar-refractivity contribution < 1.29 is 14.0 Å². The molecule has 7 heteroatoms. The number of rotatable bonds is 4. The van der Waals surface area contributed by atoms with E-state index >= 15 is 0 Å². The van der Waals surface area contributed by atoms with E-state index in [1.807, 2.05) is 57.2 Å². The number of nitrogens with zero attached hydrogens (tertiary/aromatic N) is 1. The highest BCUT2D eigenvalue weighted by atomic mass is 32.1. The maximum atomic E-state index is 13.2. The summed E-state index contributed by atoms with van der Waals surface area (Å²) in [7, 11) is 0. The van der Waals surface area contributed by atoms with E-state index in [0.29, 0.717) is 38.5 Å². The lowest BCUT2D eigenvalue weighted by molar-refractivity contribution is 0.100. The van der Waals surface area contributed by atoms with Gasteiger partial charge in [0, 0.05) is 10.3 Å². The molecule has 0 aliphatic heterocycles. The summed E-state index contributed by atoms with van der Waals surface area (Å²) >= 11 is 1.33. The molecule has 29 heavy (non-hydrogen) atoms. The summed E-state index contributed by atoms with van der Waals surface area (Å²) < 4.78 is 5.69. The van der Waals surface area contributed by atoms with Gasteiger partial charge in [-0.1, -0.05) is 18.2 Å². The number of nitrogens with one attached hydrogen (secondary N) is 1. The van der Waals surface area contributed by atoms with Crippen molar-refractivity contribution in [1.82, 2.24) is 4.98 Å². The Bertz CT molecular complexity index is 1270. The second-order valence-corrected chi connectivity index (χ2v) is 8.01. The number of aryl methyl sites for hydroxylation is 2. The van der Waals surface area contributed by atoms with Crippen LogP contribution in [-0.2, 0) is 0 Å². The number of primary amides is 1. The molecule has 0 radical (unpaired) electrons. The van der Waals surface area contributed by atoms with Crippen LogP contribution in [0.25, 0.3) is 22.4 Å². The van der Waals surface area contributed by atoms with Gasteiger partial charge in [0.15, 0.2) is 5.76 Å². The molecule has 0 unspecified atom stereocenters. The van der Waals surface area contributed by atoms with Gasteiger partial charge in [-0.3, -0.25) is 9.59 Å². The number of nitrogens with two attached hydrogens (primary N) is 1. The fraction of sp³-hybridized carbons (Fsp3) is 0.136. The zero-order chi connectivity index (χ0) is 20.7. The fourth-order valence-corrected chi connectivity index (χ4v) is 4.30. The first-order valence-electron chi connectivity index (χ1n) is 9.03. The Morgan fingerprint density at radius 3 is 2.55 bits per heavy atom. The molecule has 0 atom stereocenters. The van der Waals surface area contributed by atoms with Crippen LogP contribution in [0.5, 0.6) is 0 Å². The van der Waals surface area contributed by atoms with Crippen LogP contribution in [0.15, 0.2) is 46.9 Å². The largest absolute Gasteiger partial charge is 0.460 e. The Morgan fingerprint density at radius 2 is 1.86 bits per heavy atom. The van der Waals surface area contributed by atoms with Gasteiger partial charge in [0.1, 0.15) is 16.5 Å². The average molecular weight is 405 g/mol. The van der Waals surface area contributed by atoms with Crippen molar-refractivity contribution in [3.05, 3.63) is 69.8 Å². The number of fused-ring (bicyclic) bond motifs is 1. The molecule has 0 aliphatic rings. The van der Waals surface area contributed by atoms with Crippen molar-refractivity contribution in [3.8, 4) is 11.5 Å². The minimum Gasteiger partial charge on any atom is -0.460 e. The lowest BCUT2D eigenvalue weighted by Gasteiger charge is -2.10. The monoisotopic (exact) mass is 405 g/mol. The van der Waals surface area contributed by atoms with Crippen LogP contribution in [0.3, 0.4) is 0 Å². The number of benzene rings is 1. The summed E-state index contributed by atoms with van der Waals surface area (Å²) in [5.74, 6) is 0.449. The van der Waals surface area contributed by atoms with Gasteiger partial charge in [-0.05, 0) is 50.6 Å². The van der Waals surface area contributed by atoms with Crippen molar-refractivity contribution in [2.45, 2.75) is 20.8 Å². The van der Waals surface area contributed by atoms with Crippen molar-refractivity contribution >= 4 is 39.1 Å². The number of hydrogen-bond donors (Lipinski definition) is 2. The molecular formula is C22H19N3O3S. The number of carbonyl (C=O) groups is 2. The van der Waals surface area contributed by atoms with Gasteiger partial charge in [-0.25, -0.2) is 4.98 Å². The van der Waals surface area contributed by atoms with Crippen LogP contribution in [0.2, 0.25) is 0 Å². The normalized spacial score (nSPS) is 11.0. The van der Waals surface area contributed by atoms with Gasteiger partial charge in [0.2, 0.25) is 0 Å². The third-order valence-corrected chi connectivity index (χ3v) is 5.94. The smallest absolute Gasteiger partial charge is 0.257 e. The maximum absolute atomic E-state index is 13.2. The van der Waals surface area contributed by atoms with Gasteiger partial charge in [0.25, 0.3) is 11.8 Å². The summed E-state index contributed by atoms with van der Waals surface area (Å²) in [6.45, 7) is 5.56. The summed E-state index contributed by atoms with van der Waals surface area (Å²) in [6.07, 6.45) is 0. The zero-order valence-electron chi connectivity index (χ0n) is 16.2. The van der Waals surface area contributed by atoms with Gasteiger partial charge in [-0.2, -0.15) is 0 Å². The van der Waals surface area contributed by atoms with E-state index in [4.69, 9.17) is 10.2 Å². The molecule has 0 saturated carbocycles. The molecule has 0 saturated heterocycles. The Hall–Kier alpha value is -3.45. The van der Waals surface area contributed by atoms with Gasteiger partial charge in [-0.15, -0.1) is 11.3 Å². The third kappa shape index (κ3) is 3.40. The number of carbonyl (C=O) groups excluding carboxylic acids is 2. The van der Waals surface area contributed by atoms with Gasteiger partial charge < -0.3 is 15.5 Å². The highest BCUT2D eigenvalue weighted by Crippen LogP contribution is 2.33. The van der Waals surface area contributed by atoms with E-state index in [2.05, 4.69) is 10.3 Å². The number of para-hydroxylation sites is 1. The van der Waals surface area contributed by atoms with Crippen molar-refractivity contribution in [2.24, 2.45) is 5.73 Å². The van der Waals surface area contributed by atoms with E-state index in [9.17, 15) is 9.59 Å². The van der Waals surface area contributed by atoms with Crippen LogP contribution in [-0.4, -0.2) is 16.8 Å². The molecule has 0 bridgehead atoms. The van der Waals surface area contributed by atoms with Crippen LogP contribution >= 0.6 is 11.3 Å². The second-order valence-electron chi connectivity index (χ2n) is 6.79. The highest BCUT2D eigenvalue weighted by Gasteiger charge is 2.21. The van der Waals surface area contributed by atoms with E-state index < -0.39 is 5.91 Å². The number of amides is 2. The topological polar surface area (TPSA) is 98.2 Å². The molecule has 4 rings (SSSR count). The van der Waals surface area contributed by atoms with Gasteiger partial charge in [0.05, 0.1) is 16.6 Å². The number of anilines is 1. The summed E-state index contributed by atoms with van der Waals surface area (Å²) in [4.78, 5) is 30.6. The minimum absolute atomic E-state index is 0.336. The third-order valence-electron chi connectivity index (χ3n) is 4.81. The lowest BCUT2D eigenvalue weighted by atomic mass is 10.1. The predicted molar refractivity (Wildman–Crippen MR) is 114 cm³/mol. The predicted octanol–water partition coefficient (Wildman–Crippen LogP) is 4.83. The van der Waals surface area contributed by atoms with E-state index in [1.54, 1.807) is 6.07 Å². The SMILES string of the molecule is Cc1ccc(-c2cc(C(=O)Nc3sc(C)c(C)c3C(N)=O)c3ccccc3n2)o1. The quantitative estimate of drug-likeness (QED) is 0.508. The first kappa shape index (κ1) is 18.9. The van der Waals surface area contributed by atoms with Crippen molar-refractivity contribution in [3.63, 3.8) is 0 Å². The van der Waals surface area contributed by atoms with Crippen LogP contribution in [0.1, 0.15) is 36.9 Å². The molecule has 0 fully saturated rings. The molecule has 2 amide bonds. The van der Waals surface area contributed by atoms with E-state index in [1.165, 1.54) is 11.3 Å². The zero-order valence-corrected chi connectivity index (χ0v) is 17.0. The number of thiophene rings is 1. The number of aromatic nitrogens is 1. The average Bonchev–Trinajstić information content (AvgIpc) is 3.24. The van der Waals surface area contributed by atoms with Crippen molar-refractivity contribution in [2.75, 3.05) is 5.32 Å². The molecular weight excluding hydrogens is 386 g/mol. The minimum atomic E-state index is -0.562. The fourth-order valence-electron chi connectivity index (χ4n) is 3.24. The molecule has 0 spiro atoms. The first-order valence-corrected chi connectivity index (χ1v) is 9.84. The Labute approximate surface area is 171 Å². The molecule has 0 aliphatic carbocycles.